The number of benzene rings is 2. The largest absolute Gasteiger partial charge is 0.383 e. The maximum Gasteiger partial charge on any atom is 0.253 e. The van der Waals surface area contributed by atoms with Gasteiger partial charge >= 0.3 is 0 Å². The molecule has 33 heavy (non-hydrogen) atoms. The monoisotopic (exact) mass is 463 g/mol. The first kappa shape index (κ1) is 21.4. The number of hydrogen-bond acceptors (Lipinski definition) is 6. The minimum absolute atomic E-state index is 0.0228. The topological polar surface area (TPSA) is 126 Å². The van der Waals surface area contributed by atoms with Crippen LogP contribution in [-0.4, -0.2) is 37.9 Å². The number of fused-ring (bicyclic) bond motifs is 1. The number of aromatic nitrogens is 1. The zero-order chi connectivity index (χ0) is 23.2. The molecule has 0 spiro atoms. The van der Waals surface area contributed by atoms with E-state index in [0.29, 0.717) is 17.9 Å². The number of nitrogens with zero attached hydrogens (tertiary/aromatic N) is 1. The molecule has 1 aliphatic carbocycles. The zero-order valence-electron chi connectivity index (χ0n) is 18.1. The predicted molar refractivity (Wildman–Crippen MR) is 128 cm³/mol. The maximum absolute atomic E-state index is 12.4. The van der Waals surface area contributed by atoms with Crippen LogP contribution in [0, 0.1) is 0 Å². The third-order valence-corrected chi connectivity index (χ3v) is 7.40. The summed E-state index contributed by atoms with van der Waals surface area (Å²) >= 11 is 0. The van der Waals surface area contributed by atoms with Gasteiger partial charge in [0.05, 0.1) is 10.5 Å². The van der Waals surface area contributed by atoms with Gasteiger partial charge in [-0.15, -0.1) is 0 Å². The second-order valence-corrected chi connectivity index (χ2v) is 10.3. The molecule has 5 N–H and O–H groups in total. The van der Waals surface area contributed by atoms with Gasteiger partial charge < -0.3 is 16.4 Å². The summed E-state index contributed by atoms with van der Waals surface area (Å²) in [4.78, 5) is 17.0. The molecule has 5 rings (SSSR count). The van der Waals surface area contributed by atoms with Crippen molar-refractivity contribution in [2.45, 2.75) is 36.7 Å². The summed E-state index contributed by atoms with van der Waals surface area (Å²) < 4.78 is 27.5. The van der Waals surface area contributed by atoms with Crippen molar-refractivity contribution in [3.8, 4) is 22.3 Å². The molecule has 3 aromatic rings. The van der Waals surface area contributed by atoms with Crippen molar-refractivity contribution in [1.29, 1.82) is 0 Å². The van der Waals surface area contributed by atoms with Crippen LogP contribution in [0.25, 0.3) is 22.3 Å². The fourth-order valence-electron chi connectivity index (χ4n) is 3.85. The molecule has 170 valence electrons. The predicted octanol–water partition coefficient (Wildman–Crippen LogP) is 2.98. The lowest BCUT2D eigenvalue weighted by Crippen LogP contribution is -2.34. The Morgan fingerprint density at radius 2 is 1.73 bits per heavy atom. The van der Waals surface area contributed by atoms with Gasteiger partial charge in [0.1, 0.15) is 5.82 Å². The summed E-state index contributed by atoms with van der Waals surface area (Å²) in [6.07, 6.45) is 3.44. The van der Waals surface area contributed by atoms with E-state index in [1.165, 1.54) is 0 Å². The summed E-state index contributed by atoms with van der Waals surface area (Å²) in [6.45, 7) is 2.57. The van der Waals surface area contributed by atoms with Crippen LogP contribution in [0.1, 0.15) is 30.1 Å². The molecule has 0 saturated heterocycles. The minimum atomic E-state index is -3.50. The number of carbonyl (C=O) groups excluding carboxylic acids is 1. The molecular formula is C24H25N5O3S. The van der Waals surface area contributed by atoms with Gasteiger partial charge in [0.25, 0.3) is 5.91 Å². The van der Waals surface area contributed by atoms with Crippen LogP contribution < -0.4 is 21.1 Å². The van der Waals surface area contributed by atoms with E-state index in [1.54, 1.807) is 36.5 Å². The Morgan fingerprint density at radius 1 is 1.00 bits per heavy atom. The van der Waals surface area contributed by atoms with Crippen LogP contribution in [0.3, 0.4) is 0 Å². The van der Waals surface area contributed by atoms with E-state index in [4.69, 9.17) is 5.73 Å². The summed E-state index contributed by atoms with van der Waals surface area (Å²) in [5.74, 6) is 0.262. The van der Waals surface area contributed by atoms with Crippen LogP contribution >= 0.6 is 0 Å². The lowest BCUT2D eigenvalue weighted by Gasteiger charge is -2.12. The van der Waals surface area contributed by atoms with Crippen LogP contribution in [0.4, 0.5) is 11.5 Å². The molecule has 2 heterocycles. The van der Waals surface area contributed by atoms with Gasteiger partial charge in [0.2, 0.25) is 10.0 Å². The van der Waals surface area contributed by atoms with E-state index in [0.717, 1.165) is 40.8 Å². The summed E-state index contributed by atoms with van der Waals surface area (Å²) in [6, 6.07) is 14.3. The van der Waals surface area contributed by atoms with Crippen molar-refractivity contribution < 1.29 is 13.2 Å². The molecule has 1 aromatic heterocycles. The third kappa shape index (κ3) is 4.42. The van der Waals surface area contributed by atoms with Crippen molar-refractivity contribution in [3.63, 3.8) is 0 Å². The first-order valence-corrected chi connectivity index (χ1v) is 12.4. The third-order valence-electron chi connectivity index (χ3n) is 5.87. The molecule has 1 amide bonds. The lowest BCUT2D eigenvalue weighted by atomic mass is 9.99. The Balaban J connectivity index is 1.46. The van der Waals surface area contributed by atoms with E-state index >= 15 is 0 Å². The molecule has 1 aliphatic heterocycles. The number of nitrogens with one attached hydrogen (secondary N) is 3. The van der Waals surface area contributed by atoms with Crippen LogP contribution in [0.15, 0.2) is 59.6 Å². The van der Waals surface area contributed by atoms with Crippen molar-refractivity contribution >= 4 is 27.4 Å². The highest BCUT2D eigenvalue weighted by Gasteiger charge is 2.28. The van der Waals surface area contributed by atoms with Crippen molar-refractivity contribution in [2.75, 3.05) is 17.6 Å². The minimum Gasteiger partial charge on any atom is -0.383 e. The number of rotatable bonds is 5. The van der Waals surface area contributed by atoms with Gasteiger partial charge in [0.15, 0.2) is 0 Å². The number of nitrogens with two attached hydrogens (primary N) is 1. The molecule has 0 unspecified atom stereocenters. The highest BCUT2D eigenvalue weighted by molar-refractivity contribution is 7.89. The second-order valence-electron chi connectivity index (χ2n) is 8.59. The highest BCUT2D eigenvalue weighted by atomic mass is 32.2. The number of nitrogen functional groups attached to an aromatic ring is 1. The molecule has 1 saturated carbocycles. The average molecular weight is 464 g/mol. The van der Waals surface area contributed by atoms with Crippen LogP contribution in [0.2, 0.25) is 0 Å². The van der Waals surface area contributed by atoms with Crippen LogP contribution in [-0.2, 0) is 10.0 Å². The van der Waals surface area contributed by atoms with Crippen molar-refractivity contribution in [1.82, 2.24) is 15.0 Å². The molecule has 9 heteroatoms. The SMILES string of the molecule is C[C@H]1CNc2cc(-c3cc(-c4ccc(S(=O)(=O)NC5CC5)cc4)cnc3N)ccc2C(=O)N1. The normalized spacial score (nSPS) is 18.1. The second kappa shape index (κ2) is 8.17. The Labute approximate surface area is 192 Å². The van der Waals surface area contributed by atoms with Gasteiger partial charge in [-0.1, -0.05) is 18.2 Å². The fourth-order valence-corrected chi connectivity index (χ4v) is 5.16. The van der Waals surface area contributed by atoms with Gasteiger partial charge in [-0.05, 0) is 61.2 Å². The Hall–Kier alpha value is -3.43. The number of anilines is 2. The number of amides is 1. The Kier molecular flexibility index (Phi) is 5.30. The number of hydrogen-bond donors (Lipinski definition) is 4. The summed E-state index contributed by atoms with van der Waals surface area (Å²) in [5, 5.41) is 6.25. The number of pyridine rings is 1. The highest BCUT2D eigenvalue weighted by Crippen LogP contribution is 2.33. The van der Waals surface area contributed by atoms with E-state index < -0.39 is 10.0 Å². The van der Waals surface area contributed by atoms with E-state index in [1.807, 2.05) is 25.1 Å². The van der Waals surface area contributed by atoms with Gasteiger partial charge in [0, 0.05) is 41.6 Å². The van der Waals surface area contributed by atoms with Gasteiger partial charge in [-0.25, -0.2) is 18.1 Å². The summed E-state index contributed by atoms with van der Waals surface area (Å²) in [7, 11) is -3.50. The Bertz CT molecular complexity index is 1330. The molecule has 2 aromatic carbocycles. The lowest BCUT2D eigenvalue weighted by molar-refractivity contribution is 0.0945. The van der Waals surface area contributed by atoms with Crippen molar-refractivity contribution in [2.24, 2.45) is 0 Å². The van der Waals surface area contributed by atoms with Crippen molar-refractivity contribution in [3.05, 3.63) is 60.3 Å². The standard InChI is InChI=1S/C24H25N5O3S/c1-14-12-26-22-11-16(4-9-20(22)24(30)28-14)21-10-17(13-27-23(21)25)15-2-7-19(8-3-15)33(31,32)29-18-5-6-18/h2-4,7-11,13-14,18,26,29H,5-6,12H2,1H3,(H2,25,27)(H,28,30)/t14-/m0/s1. The summed E-state index contributed by atoms with van der Waals surface area (Å²) in [5.41, 5.74) is 10.7. The molecule has 2 aliphatic rings. The quantitative estimate of drug-likeness (QED) is 0.461. The van der Waals surface area contributed by atoms with E-state index in [-0.39, 0.29) is 22.9 Å². The molecule has 8 nitrogen and oxygen atoms in total. The molecular weight excluding hydrogens is 438 g/mol. The first-order chi connectivity index (χ1) is 15.8. The number of sulfonamides is 1. The molecule has 1 atom stereocenters. The molecule has 0 radical (unpaired) electrons. The Morgan fingerprint density at radius 3 is 2.45 bits per heavy atom. The smallest absolute Gasteiger partial charge is 0.253 e. The zero-order valence-corrected chi connectivity index (χ0v) is 18.9. The van der Waals surface area contributed by atoms with Gasteiger partial charge in [-0.3, -0.25) is 4.79 Å². The van der Waals surface area contributed by atoms with Crippen LogP contribution in [0.5, 0.6) is 0 Å². The maximum atomic E-state index is 12.4. The van der Waals surface area contributed by atoms with Gasteiger partial charge in [-0.2, -0.15) is 0 Å². The number of carbonyl (C=O) groups is 1. The molecule has 1 fully saturated rings. The molecule has 0 bridgehead atoms. The fraction of sp³-hybridized carbons (Fsp3) is 0.250. The van der Waals surface area contributed by atoms with E-state index in [9.17, 15) is 13.2 Å². The first-order valence-electron chi connectivity index (χ1n) is 10.9. The van der Waals surface area contributed by atoms with E-state index in [2.05, 4.69) is 20.3 Å². The average Bonchev–Trinajstić information content (AvgIpc) is 3.62.